The second-order valence-corrected chi connectivity index (χ2v) is 7.14. The van der Waals surface area contributed by atoms with Crippen LogP contribution in [0.15, 0.2) is 48.5 Å². The second kappa shape index (κ2) is 7.11. The molecule has 0 aliphatic heterocycles. The number of rotatable bonds is 6. The topological polar surface area (TPSA) is 42.4 Å². The van der Waals surface area contributed by atoms with E-state index in [1.165, 1.54) is 4.70 Å². The molecule has 0 saturated heterocycles. The third-order valence-electron chi connectivity index (χ3n) is 3.29. The van der Waals surface area contributed by atoms with Gasteiger partial charge in [-0.2, -0.15) is 0 Å². The Labute approximate surface area is 141 Å². The molecular weight excluding hydrogens is 362 g/mol. The van der Waals surface area contributed by atoms with Gasteiger partial charge in [0.05, 0.1) is 21.7 Å². The third-order valence-corrected chi connectivity index (χ3v) is 5.63. The van der Waals surface area contributed by atoms with E-state index >= 15 is 0 Å². The SMILES string of the molecule is Oc1ccc(OCCCC(Br)c2nc3ccccc3s2)cc1. The number of hydrogen-bond acceptors (Lipinski definition) is 4. The number of aromatic hydroxyl groups is 1. The van der Waals surface area contributed by atoms with Gasteiger partial charge in [0.25, 0.3) is 0 Å². The molecule has 1 heterocycles. The summed E-state index contributed by atoms with van der Waals surface area (Å²) in [5.41, 5.74) is 1.06. The van der Waals surface area contributed by atoms with Gasteiger partial charge in [0.15, 0.2) is 0 Å². The number of hydrogen-bond donors (Lipinski definition) is 1. The number of para-hydroxylation sites is 1. The first-order chi connectivity index (χ1) is 10.7. The van der Waals surface area contributed by atoms with Gasteiger partial charge >= 0.3 is 0 Å². The number of phenols is 1. The largest absolute Gasteiger partial charge is 0.508 e. The highest BCUT2D eigenvalue weighted by Gasteiger charge is 2.12. The van der Waals surface area contributed by atoms with Crippen LogP contribution in [0.1, 0.15) is 22.7 Å². The maximum absolute atomic E-state index is 9.22. The standard InChI is InChI=1S/C17H16BrNO2S/c18-14(17-19-15-5-1-2-6-16(15)22-17)4-3-11-21-13-9-7-12(20)8-10-13/h1-2,5-10,14,20H,3-4,11H2. The fourth-order valence-corrected chi connectivity index (χ4v) is 3.83. The highest BCUT2D eigenvalue weighted by atomic mass is 79.9. The lowest BCUT2D eigenvalue weighted by atomic mass is 10.2. The molecule has 1 aromatic heterocycles. The Morgan fingerprint density at radius 3 is 2.68 bits per heavy atom. The summed E-state index contributed by atoms with van der Waals surface area (Å²) in [6, 6.07) is 15.0. The first-order valence-electron chi connectivity index (χ1n) is 7.14. The van der Waals surface area contributed by atoms with Crippen molar-refractivity contribution < 1.29 is 9.84 Å². The van der Waals surface area contributed by atoms with Gasteiger partial charge in [0, 0.05) is 0 Å². The molecule has 0 aliphatic rings. The summed E-state index contributed by atoms with van der Waals surface area (Å²) >= 11 is 5.45. The molecule has 1 N–H and O–H groups in total. The molecule has 22 heavy (non-hydrogen) atoms. The minimum absolute atomic E-state index is 0.253. The van der Waals surface area contributed by atoms with E-state index in [9.17, 15) is 5.11 Å². The normalized spacial score (nSPS) is 12.4. The van der Waals surface area contributed by atoms with Gasteiger partial charge in [-0.3, -0.25) is 0 Å². The summed E-state index contributed by atoms with van der Waals surface area (Å²) in [5, 5.41) is 10.3. The lowest BCUT2D eigenvalue weighted by Crippen LogP contribution is -1.99. The first kappa shape index (κ1) is 15.3. The van der Waals surface area contributed by atoms with Gasteiger partial charge in [-0.25, -0.2) is 4.98 Å². The van der Waals surface area contributed by atoms with Gasteiger partial charge in [-0.1, -0.05) is 28.1 Å². The molecule has 1 unspecified atom stereocenters. The zero-order valence-electron chi connectivity index (χ0n) is 11.9. The van der Waals surface area contributed by atoms with E-state index in [2.05, 4.69) is 27.0 Å². The number of thiazole rings is 1. The molecule has 3 aromatic rings. The van der Waals surface area contributed by atoms with Crippen LogP contribution in [0.3, 0.4) is 0 Å². The maximum Gasteiger partial charge on any atom is 0.119 e. The maximum atomic E-state index is 9.22. The van der Waals surface area contributed by atoms with Gasteiger partial charge in [0.1, 0.15) is 16.5 Å². The molecule has 0 saturated carbocycles. The highest BCUT2D eigenvalue weighted by Crippen LogP contribution is 2.34. The van der Waals surface area contributed by atoms with Gasteiger partial charge in [0.2, 0.25) is 0 Å². The van der Waals surface area contributed by atoms with Gasteiger partial charge < -0.3 is 9.84 Å². The van der Waals surface area contributed by atoms with E-state index < -0.39 is 0 Å². The summed E-state index contributed by atoms with van der Waals surface area (Å²) in [4.78, 5) is 4.92. The molecule has 3 rings (SSSR count). The summed E-state index contributed by atoms with van der Waals surface area (Å²) < 4.78 is 6.88. The molecule has 0 spiro atoms. The van der Waals surface area contributed by atoms with E-state index in [1.807, 2.05) is 18.2 Å². The van der Waals surface area contributed by atoms with Crippen LogP contribution in [0.5, 0.6) is 11.5 Å². The van der Waals surface area contributed by atoms with Crippen LogP contribution in [-0.2, 0) is 0 Å². The Morgan fingerprint density at radius 1 is 1.14 bits per heavy atom. The number of ether oxygens (including phenoxy) is 1. The van der Waals surface area contributed by atoms with Crippen molar-refractivity contribution in [1.82, 2.24) is 4.98 Å². The average Bonchev–Trinajstić information content (AvgIpc) is 2.97. The van der Waals surface area contributed by atoms with Crippen molar-refractivity contribution in [2.24, 2.45) is 0 Å². The molecule has 3 nitrogen and oxygen atoms in total. The number of alkyl halides is 1. The van der Waals surface area contributed by atoms with Crippen LogP contribution in [0.4, 0.5) is 0 Å². The quantitative estimate of drug-likeness (QED) is 0.468. The van der Waals surface area contributed by atoms with Crippen LogP contribution in [0.2, 0.25) is 0 Å². The van der Waals surface area contributed by atoms with Gasteiger partial charge in [-0.05, 0) is 49.2 Å². The number of aromatic nitrogens is 1. The molecule has 0 aliphatic carbocycles. The molecule has 0 bridgehead atoms. The number of phenolic OH excluding ortho intramolecular Hbond substituents is 1. The monoisotopic (exact) mass is 377 g/mol. The lowest BCUT2D eigenvalue weighted by molar-refractivity contribution is 0.306. The number of benzene rings is 2. The summed E-state index contributed by atoms with van der Waals surface area (Å²) in [7, 11) is 0. The van der Waals surface area contributed by atoms with Crippen LogP contribution in [0.25, 0.3) is 10.2 Å². The molecule has 0 fully saturated rings. The molecule has 1 atom stereocenters. The Hall–Kier alpha value is -1.59. The minimum Gasteiger partial charge on any atom is -0.508 e. The fourth-order valence-electron chi connectivity index (χ4n) is 2.14. The Morgan fingerprint density at radius 2 is 1.91 bits per heavy atom. The number of nitrogens with zero attached hydrogens (tertiary/aromatic N) is 1. The van der Waals surface area contributed by atoms with Crippen molar-refractivity contribution in [2.75, 3.05) is 6.61 Å². The molecular formula is C17H16BrNO2S. The highest BCUT2D eigenvalue weighted by molar-refractivity contribution is 9.09. The van der Waals surface area contributed by atoms with E-state index in [0.29, 0.717) is 6.61 Å². The predicted octanol–water partition coefficient (Wildman–Crippen LogP) is 5.30. The Kier molecular flexibility index (Phi) is 4.95. The summed E-state index contributed by atoms with van der Waals surface area (Å²) in [6.45, 7) is 0.651. The van der Waals surface area contributed by atoms with E-state index in [-0.39, 0.29) is 10.6 Å². The summed E-state index contributed by atoms with van der Waals surface area (Å²) in [5.74, 6) is 1.03. The molecule has 0 amide bonds. The smallest absolute Gasteiger partial charge is 0.119 e. The fraction of sp³-hybridized carbons (Fsp3) is 0.235. The first-order valence-corrected chi connectivity index (χ1v) is 8.87. The Balaban J connectivity index is 1.49. The zero-order chi connectivity index (χ0) is 15.4. The van der Waals surface area contributed by atoms with Crippen LogP contribution in [0, 0.1) is 0 Å². The molecule has 5 heteroatoms. The molecule has 114 valence electrons. The van der Waals surface area contributed by atoms with Crippen molar-refractivity contribution in [1.29, 1.82) is 0 Å². The van der Waals surface area contributed by atoms with Crippen molar-refractivity contribution in [3.8, 4) is 11.5 Å². The van der Waals surface area contributed by atoms with Crippen LogP contribution >= 0.6 is 27.3 Å². The van der Waals surface area contributed by atoms with E-state index in [0.717, 1.165) is 29.1 Å². The van der Waals surface area contributed by atoms with Crippen molar-refractivity contribution in [3.63, 3.8) is 0 Å². The Bertz CT molecular complexity index is 709. The summed E-state index contributed by atoms with van der Waals surface area (Å²) in [6.07, 6.45) is 1.91. The van der Waals surface area contributed by atoms with E-state index in [4.69, 9.17) is 4.74 Å². The minimum atomic E-state index is 0.253. The van der Waals surface area contributed by atoms with Crippen LogP contribution < -0.4 is 4.74 Å². The second-order valence-electron chi connectivity index (χ2n) is 4.97. The van der Waals surface area contributed by atoms with Crippen molar-refractivity contribution in [2.45, 2.75) is 17.7 Å². The van der Waals surface area contributed by atoms with Crippen molar-refractivity contribution >= 4 is 37.5 Å². The van der Waals surface area contributed by atoms with Crippen molar-refractivity contribution in [3.05, 3.63) is 53.5 Å². The van der Waals surface area contributed by atoms with Gasteiger partial charge in [-0.15, -0.1) is 11.3 Å². The predicted molar refractivity (Wildman–Crippen MR) is 94.1 cm³/mol. The average molecular weight is 378 g/mol. The zero-order valence-corrected chi connectivity index (χ0v) is 14.3. The lowest BCUT2D eigenvalue weighted by Gasteiger charge is -2.08. The number of halogens is 1. The molecule has 0 radical (unpaired) electrons. The number of fused-ring (bicyclic) bond motifs is 1. The van der Waals surface area contributed by atoms with E-state index in [1.54, 1.807) is 35.6 Å². The van der Waals surface area contributed by atoms with Crippen LogP contribution in [-0.4, -0.2) is 16.7 Å². The third kappa shape index (κ3) is 3.78. The molecule has 2 aromatic carbocycles.